The van der Waals surface area contributed by atoms with Crippen molar-refractivity contribution in [2.24, 2.45) is 5.73 Å². The largest absolute Gasteiger partial charge is 0.493 e. The predicted molar refractivity (Wildman–Crippen MR) is 83.5 cm³/mol. The lowest BCUT2D eigenvalue weighted by molar-refractivity contribution is 0.248. The van der Waals surface area contributed by atoms with Gasteiger partial charge < -0.3 is 15.2 Å². The first kappa shape index (κ1) is 14.0. The van der Waals surface area contributed by atoms with E-state index in [0.29, 0.717) is 6.61 Å². The van der Waals surface area contributed by atoms with Gasteiger partial charge in [0.1, 0.15) is 6.61 Å². The van der Waals surface area contributed by atoms with E-state index in [0.717, 1.165) is 35.5 Å². The Bertz CT molecular complexity index is 606. The van der Waals surface area contributed by atoms with E-state index in [1.807, 2.05) is 48.5 Å². The Labute approximate surface area is 125 Å². The number of rotatable bonds is 5. The fourth-order valence-corrected chi connectivity index (χ4v) is 2.68. The number of hydrogen-bond acceptors (Lipinski definition) is 3. The van der Waals surface area contributed by atoms with E-state index in [9.17, 15) is 0 Å². The van der Waals surface area contributed by atoms with Gasteiger partial charge in [-0.1, -0.05) is 36.4 Å². The van der Waals surface area contributed by atoms with Crippen molar-refractivity contribution in [2.75, 3.05) is 7.11 Å². The summed E-state index contributed by atoms with van der Waals surface area (Å²) in [6.07, 6.45) is 3.28. The van der Waals surface area contributed by atoms with E-state index in [1.54, 1.807) is 7.11 Å². The van der Waals surface area contributed by atoms with Gasteiger partial charge in [0.15, 0.2) is 11.5 Å². The molecule has 1 aliphatic carbocycles. The van der Waals surface area contributed by atoms with Gasteiger partial charge in [-0.2, -0.15) is 0 Å². The molecule has 0 aromatic heterocycles. The van der Waals surface area contributed by atoms with Crippen LogP contribution in [0.25, 0.3) is 0 Å². The second-order valence-corrected chi connectivity index (χ2v) is 5.65. The maximum atomic E-state index is 6.40. The van der Waals surface area contributed by atoms with Crippen molar-refractivity contribution in [3.63, 3.8) is 0 Å². The summed E-state index contributed by atoms with van der Waals surface area (Å²) in [6.45, 7) is 0.526. The van der Waals surface area contributed by atoms with Crippen LogP contribution in [-0.4, -0.2) is 7.11 Å². The molecule has 3 heteroatoms. The Morgan fingerprint density at radius 3 is 2.43 bits per heavy atom. The van der Waals surface area contributed by atoms with Crippen molar-refractivity contribution < 1.29 is 9.47 Å². The fraction of sp³-hybridized carbons (Fsp3) is 0.333. The number of nitrogens with two attached hydrogens (primary N) is 1. The molecule has 2 N–H and O–H groups in total. The second-order valence-electron chi connectivity index (χ2n) is 5.65. The maximum Gasteiger partial charge on any atom is 0.162 e. The molecule has 3 nitrogen and oxygen atoms in total. The van der Waals surface area contributed by atoms with Crippen molar-refractivity contribution in [1.82, 2.24) is 0 Å². The van der Waals surface area contributed by atoms with E-state index < -0.39 is 0 Å². The third-order valence-corrected chi connectivity index (χ3v) is 4.22. The molecule has 1 saturated carbocycles. The Morgan fingerprint density at radius 1 is 1.05 bits per heavy atom. The molecule has 1 fully saturated rings. The zero-order valence-electron chi connectivity index (χ0n) is 12.3. The van der Waals surface area contributed by atoms with Crippen LogP contribution in [-0.2, 0) is 12.1 Å². The monoisotopic (exact) mass is 283 g/mol. The standard InChI is InChI=1S/C18H21NO2/c1-20-16-9-8-15(18(19)10-5-11-18)12-17(16)21-13-14-6-3-2-4-7-14/h2-4,6-9,12H,5,10-11,13,19H2,1H3. The van der Waals surface area contributed by atoms with E-state index >= 15 is 0 Å². The second kappa shape index (κ2) is 5.78. The van der Waals surface area contributed by atoms with Crippen LogP contribution in [0.3, 0.4) is 0 Å². The molecule has 0 radical (unpaired) electrons. The highest BCUT2D eigenvalue weighted by molar-refractivity contribution is 5.45. The molecule has 0 bridgehead atoms. The summed E-state index contributed by atoms with van der Waals surface area (Å²) < 4.78 is 11.3. The Hall–Kier alpha value is -2.00. The Kier molecular flexibility index (Phi) is 3.84. The normalized spacial score (nSPS) is 16.1. The third kappa shape index (κ3) is 2.88. The molecule has 110 valence electrons. The molecule has 2 aromatic carbocycles. The van der Waals surface area contributed by atoms with Crippen molar-refractivity contribution in [2.45, 2.75) is 31.4 Å². The minimum Gasteiger partial charge on any atom is -0.493 e. The van der Waals surface area contributed by atoms with Crippen LogP contribution < -0.4 is 15.2 Å². The van der Waals surface area contributed by atoms with Crippen molar-refractivity contribution in [3.05, 3.63) is 59.7 Å². The van der Waals surface area contributed by atoms with Gasteiger partial charge in [-0.3, -0.25) is 0 Å². The van der Waals surface area contributed by atoms with Crippen LogP contribution >= 0.6 is 0 Å². The smallest absolute Gasteiger partial charge is 0.162 e. The zero-order valence-corrected chi connectivity index (χ0v) is 12.3. The van der Waals surface area contributed by atoms with Crippen molar-refractivity contribution in [3.8, 4) is 11.5 Å². The van der Waals surface area contributed by atoms with E-state index in [4.69, 9.17) is 15.2 Å². The highest BCUT2D eigenvalue weighted by atomic mass is 16.5. The first-order valence-electron chi connectivity index (χ1n) is 7.35. The van der Waals surface area contributed by atoms with Crippen molar-refractivity contribution >= 4 is 0 Å². The molecule has 0 aliphatic heterocycles. The van der Waals surface area contributed by atoms with Crippen molar-refractivity contribution in [1.29, 1.82) is 0 Å². The lowest BCUT2D eigenvalue weighted by atomic mass is 9.73. The van der Waals surface area contributed by atoms with Gasteiger partial charge in [-0.25, -0.2) is 0 Å². The minimum absolute atomic E-state index is 0.183. The fourth-order valence-electron chi connectivity index (χ4n) is 2.68. The summed E-state index contributed by atoms with van der Waals surface area (Å²) >= 11 is 0. The molecule has 0 spiro atoms. The maximum absolute atomic E-state index is 6.40. The molecule has 3 rings (SSSR count). The molecule has 0 saturated heterocycles. The molecular formula is C18H21NO2. The molecule has 0 unspecified atom stereocenters. The number of ether oxygens (including phenoxy) is 2. The highest BCUT2D eigenvalue weighted by Crippen LogP contribution is 2.41. The molecule has 0 atom stereocenters. The minimum atomic E-state index is -0.183. The van der Waals surface area contributed by atoms with E-state index in [-0.39, 0.29) is 5.54 Å². The number of benzene rings is 2. The van der Waals surface area contributed by atoms with Crippen LogP contribution in [0.15, 0.2) is 48.5 Å². The lowest BCUT2D eigenvalue weighted by Crippen LogP contribution is -2.43. The van der Waals surface area contributed by atoms with Gasteiger partial charge in [0.25, 0.3) is 0 Å². The molecule has 2 aromatic rings. The first-order valence-corrected chi connectivity index (χ1v) is 7.35. The highest BCUT2D eigenvalue weighted by Gasteiger charge is 2.34. The van der Waals surface area contributed by atoms with Crippen LogP contribution in [0, 0.1) is 0 Å². The summed E-state index contributed by atoms with van der Waals surface area (Å²) in [7, 11) is 1.66. The molecule has 0 amide bonds. The zero-order chi connectivity index (χ0) is 14.7. The predicted octanol–water partition coefficient (Wildman–Crippen LogP) is 3.61. The summed E-state index contributed by atoms with van der Waals surface area (Å²) in [4.78, 5) is 0. The lowest BCUT2D eigenvalue weighted by Gasteiger charge is -2.38. The van der Waals surface area contributed by atoms with Crippen LogP contribution in [0.1, 0.15) is 30.4 Å². The van der Waals surface area contributed by atoms with Gasteiger partial charge in [0.05, 0.1) is 7.11 Å². The van der Waals surface area contributed by atoms with E-state index in [1.165, 1.54) is 6.42 Å². The Balaban J connectivity index is 1.80. The quantitative estimate of drug-likeness (QED) is 0.911. The van der Waals surface area contributed by atoms with Gasteiger partial charge in [0.2, 0.25) is 0 Å². The van der Waals surface area contributed by atoms with E-state index in [2.05, 4.69) is 0 Å². The van der Waals surface area contributed by atoms with Gasteiger partial charge in [0, 0.05) is 5.54 Å². The average Bonchev–Trinajstić information content (AvgIpc) is 2.51. The summed E-state index contributed by atoms with van der Waals surface area (Å²) in [6, 6.07) is 16.1. The van der Waals surface area contributed by atoms with Gasteiger partial charge in [-0.05, 0) is 42.5 Å². The van der Waals surface area contributed by atoms with Gasteiger partial charge >= 0.3 is 0 Å². The van der Waals surface area contributed by atoms with Crippen LogP contribution in [0.2, 0.25) is 0 Å². The summed E-state index contributed by atoms with van der Waals surface area (Å²) in [5.74, 6) is 1.51. The SMILES string of the molecule is COc1ccc(C2(N)CCC2)cc1OCc1ccccc1. The van der Waals surface area contributed by atoms with Gasteiger partial charge in [-0.15, -0.1) is 0 Å². The average molecular weight is 283 g/mol. The molecule has 0 heterocycles. The number of methoxy groups -OCH3 is 1. The Morgan fingerprint density at radius 2 is 1.81 bits per heavy atom. The first-order chi connectivity index (χ1) is 10.2. The molecule has 21 heavy (non-hydrogen) atoms. The molecular weight excluding hydrogens is 262 g/mol. The van der Waals surface area contributed by atoms with Crippen LogP contribution in [0.5, 0.6) is 11.5 Å². The molecule has 1 aliphatic rings. The topological polar surface area (TPSA) is 44.5 Å². The number of hydrogen-bond donors (Lipinski definition) is 1. The summed E-state index contributed by atoms with van der Waals surface area (Å²) in [5.41, 5.74) is 8.48. The van der Waals surface area contributed by atoms with Crippen LogP contribution in [0.4, 0.5) is 0 Å². The third-order valence-electron chi connectivity index (χ3n) is 4.22. The summed E-state index contributed by atoms with van der Waals surface area (Å²) in [5, 5.41) is 0.